The molecule has 6 nitrogen and oxygen atoms in total. The molecule has 0 aromatic carbocycles. The molecule has 0 aromatic heterocycles. The smallest absolute Gasteiger partial charge is 0.306 e. The van der Waals surface area contributed by atoms with Crippen LogP contribution in [0.15, 0.2) is 97.2 Å². The van der Waals surface area contributed by atoms with Crippen LogP contribution in [0.4, 0.5) is 0 Å². The van der Waals surface area contributed by atoms with Crippen molar-refractivity contribution in [3.8, 4) is 0 Å². The maximum absolute atomic E-state index is 12.8. The number of esters is 3. The predicted molar refractivity (Wildman–Crippen MR) is 325 cm³/mol. The third kappa shape index (κ3) is 61.1. The number of allylic oxidation sites excluding steroid dienone is 16. The van der Waals surface area contributed by atoms with Gasteiger partial charge in [0.15, 0.2) is 6.10 Å². The van der Waals surface area contributed by atoms with Gasteiger partial charge in [0, 0.05) is 19.3 Å². The van der Waals surface area contributed by atoms with Gasteiger partial charge in [-0.15, -0.1) is 0 Å². The third-order valence-electron chi connectivity index (χ3n) is 13.5. The van der Waals surface area contributed by atoms with Crippen molar-refractivity contribution in [1.29, 1.82) is 0 Å². The standard InChI is InChI=1S/C69H118O6/c1-4-7-10-13-16-19-22-25-26-27-28-29-30-31-32-33-34-35-36-37-38-39-40-41-42-45-47-50-53-56-59-62-68(71)74-65-66(75-69(72)63-60-57-54-51-48-44-24-21-18-15-12-9-6-3)64-73-67(70)61-58-55-52-49-46-43-23-20-17-14-11-8-5-2/h7,10-12,14-16,19-21,23-26,28-29,66H,4-6,8-9,13,17-18,22,27,30-65H2,1-3H3/b10-7-,14-11-,15-12-,19-16-,23-20-,24-21-,26-25-,29-28-. The highest BCUT2D eigenvalue weighted by Crippen LogP contribution is 2.17. The van der Waals surface area contributed by atoms with Gasteiger partial charge in [0.25, 0.3) is 0 Å². The van der Waals surface area contributed by atoms with Crippen LogP contribution in [0.5, 0.6) is 0 Å². The summed E-state index contributed by atoms with van der Waals surface area (Å²) < 4.78 is 16.9. The average Bonchev–Trinajstić information content (AvgIpc) is 3.41. The van der Waals surface area contributed by atoms with Crippen LogP contribution in [0, 0.1) is 0 Å². The van der Waals surface area contributed by atoms with E-state index in [0.717, 1.165) is 148 Å². The quantitative estimate of drug-likeness (QED) is 0.0261. The molecule has 0 rings (SSSR count). The van der Waals surface area contributed by atoms with Crippen molar-refractivity contribution >= 4 is 17.9 Å². The first-order valence-electron chi connectivity index (χ1n) is 31.7. The van der Waals surface area contributed by atoms with Gasteiger partial charge in [0.2, 0.25) is 0 Å². The molecule has 430 valence electrons. The molecule has 0 radical (unpaired) electrons. The second-order valence-corrected chi connectivity index (χ2v) is 20.9. The lowest BCUT2D eigenvalue weighted by Gasteiger charge is -2.18. The average molecular weight is 1040 g/mol. The monoisotopic (exact) mass is 1040 g/mol. The number of ether oxygens (including phenoxy) is 3. The van der Waals surface area contributed by atoms with E-state index in [4.69, 9.17) is 14.2 Å². The first-order valence-corrected chi connectivity index (χ1v) is 31.7. The summed E-state index contributed by atoms with van der Waals surface area (Å²) in [5, 5.41) is 0. The Labute approximate surface area is 464 Å². The second-order valence-electron chi connectivity index (χ2n) is 20.9. The van der Waals surface area contributed by atoms with Crippen molar-refractivity contribution in [3.63, 3.8) is 0 Å². The molecule has 1 unspecified atom stereocenters. The number of hydrogen-bond acceptors (Lipinski definition) is 6. The van der Waals surface area contributed by atoms with Crippen LogP contribution in [0.25, 0.3) is 0 Å². The third-order valence-corrected chi connectivity index (χ3v) is 13.5. The second kappa shape index (κ2) is 62.9. The number of carbonyl (C=O) groups excluding carboxylic acids is 3. The van der Waals surface area contributed by atoms with Gasteiger partial charge >= 0.3 is 17.9 Å². The Morgan fingerprint density at radius 2 is 0.520 bits per heavy atom. The maximum atomic E-state index is 12.8. The first kappa shape index (κ1) is 71.3. The van der Waals surface area contributed by atoms with Crippen molar-refractivity contribution in [2.45, 2.75) is 309 Å². The van der Waals surface area contributed by atoms with E-state index < -0.39 is 6.10 Å². The minimum absolute atomic E-state index is 0.0855. The topological polar surface area (TPSA) is 78.9 Å². The molecule has 0 amide bonds. The normalized spacial score (nSPS) is 12.7. The summed E-state index contributed by atoms with van der Waals surface area (Å²) in [6, 6.07) is 0. The van der Waals surface area contributed by atoms with Crippen molar-refractivity contribution in [2.24, 2.45) is 0 Å². The molecule has 0 aliphatic rings. The number of rotatable bonds is 57. The van der Waals surface area contributed by atoms with Gasteiger partial charge in [-0.05, 0) is 109 Å². The molecule has 1 atom stereocenters. The molecular weight excluding hydrogens is 925 g/mol. The Balaban J connectivity index is 4.15. The summed E-state index contributed by atoms with van der Waals surface area (Å²) in [6.07, 6.45) is 84.3. The summed E-state index contributed by atoms with van der Waals surface area (Å²) in [5.41, 5.74) is 0. The van der Waals surface area contributed by atoms with E-state index in [1.165, 1.54) is 116 Å². The summed E-state index contributed by atoms with van der Waals surface area (Å²) in [5.74, 6) is -0.907. The van der Waals surface area contributed by atoms with E-state index in [-0.39, 0.29) is 31.1 Å². The molecule has 6 heteroatoms. The SMILES string of the molecule is CC/C=C\C/C=C\C/C=C\C/C=C\CCCCCCCCCCCCCCCCCCCCC(=O)OCC(COC(=O)CCCCCCC/C=C\C/C=C\CCC)OC(=O)CCCCCCC/C=C\C/C=C\CCC. The van der Waals surface area contributed by atoms with E-state index in [1.54, 1.807) is 0 Å². The zero-order valence-electron chi connectivity index (χ0n) is 49.3. The summed E-state index contributed by atoms with van der Waals surface area (Å²) in [6.45, 7) is 6.39. The largest absolute Gasteiger partial charge is 0.462 e. The van der Waals surface area contributed by atoms with E-state index in [0.29, 0.717) is 19.3 Å². The minimum atomic E-state index is -0.789. The number of carbonyl (C=O) groups is 3. The molecule has 0 aliphatic heterocycles. The molecular formula is C69H118O6. The highest BCUT2D eigenvalue weighted by atomic mass is 16.6. The fourth-order valence-corrected chi connectivity index (χ4v) is 8.81. The number of unbranched alkanes of at least 4 members (excludes halogenated alkanes) is 30. The van der Waals surface area contributed by atoms with Crippen LogP contribution in [-0.2, 0) is 28.6 Å². The molecule has 0 bridgehead atoms. The van der Waals surface area contributed by atoms with Gasteiger partial charge in [-0.1, -0.05) is 272 Å². The summed E-state index contributed by atoms with van der Waals surface area (Å²) >= 11 is 0. The summed E-state index contributed by atoms with van der Waals surface area (Å²) in [4.78, 5) is 38.2. The van der Waals surface area contributed by atoms with Crippen LogP contribution < -0.4 is 0 Å². The van der Waals surface area contributed by atoms with E-state index in [1.807, 2.05) is 0 Å². The van der Waals surface area contributed by atoms with Gasteiger partial charge in [-0.25, -0.2) is 0 Å². The fourth-order valence-electron chi connectivity index (χ4n) is 8.81. The molecule has 0 aromatic rings. The van der Waals surface area contributed by atoms with Crippen molar-refractivity contribution in [1.82, 2.24) is 0 Å². The predicted octanol–water partition coefficient (Wildman–Crippen LogP) is 21.7. The Hall–Kier alpha value is -3.67. The highest BCUT2D eigenvalue weighted by molar-refractivity contribution is 5.71. The van der Waals surface area contributed by atoms with Gasteiger partial charge in [0.1, 0.15) is 13.2 Å². The van der Waals surface area contributed by atoms with Crippen LogP contribution in [0.2, 0.25) is 0 Å². The minimum Gasteiger partial charge on any atom is -0.462 e. The van der Waals surface area contributed by atoms with Gasteiger partial charge in [0.05, 0.1) is 0 Å². The fraction of sp³-hybridized carbons (Fsp3) is 0.725. The Morgan fingerprint density at radius 1 is 0.280 bits per heavy atom. The molecule has 0 spiro atoms. The molecule has 75 heavy (non-hydrogen) atoms. The van der Waals surface area contributed by atoms with Crippen LogP contribution in [0.1, 0.15) is 303 Å². The molecule has 0 fully saturated rings. The molecule has 0 aliphatic carbocycles. The van der Waals surface area contributed by atoms with Crippen molar-refractivity contribution < 1.29 is 28.6 Å². The van der Waals surface area contributed by atoms with Crippen LogP contribution in [-0.4, -0.2) is 37.2 Å². The molecule has 0 saturated heterocycles. The maximum Gasteiger partial charge on any atom is 0.306 e. The van der Waals surface area contributed by atoms with Crippen LogP contribution >= 0.6 is 0 Å². The number of hydrogen-bond donors (Lipinski definition) is 0. The lowest BCUT2D eigenvalue weighted by molar-refractivity contribution is -0.167. The Bertz CT molecular complexity index is 1480. The lowest BCUT2D eigenvalue weighted by atomic mass is 10.0. The zero-order chi connectivity index (χ0) is 54.3. The Morgan fingerprint density at radius 3 is 0.813 bits per heavy atom. The Kier molecular flexibility index (Phi) is 59.8. The highest BCUT2D eigenvalue weighted by Gasteiger charge is 2.19. The summed E-state index contributed by atoms with van der Waals surface area (Å²) in [7, 11) is 0. The van der Waals surface area contributed by atoms with Crippen molar-refractivity contribution in [2.75, 3.05) is 13.2 Å². The van der Waals surface area contributed by atoms with Gasteiger partial charge in [-0.2, -0.15) is 0 Å². The van der Waals surface area contributed by atoms with Crippen molar-refractivity contribution in [3.05, 3.63) is 97.2 Å². The van der Waals surface area contributed by atoms with Gasteiger partial charge in [-0.3, -0.25) is 14.4 Å². The van der Waals surface area contributed by atoms with E-state index in [9.17, 15) is 14.4 Å². The molecule has 0 N–H and O–H groups in total. The van der Waals surface area contributed by atoms with Gasteiger partial charge < -0.3 is 14.2 Å². The lowest BCUT2D eigenvalue weighted by Crippen LogP contribution is -2.30. The van der Waals surface area contributed by atoms with E-state index in [2.05, 4.69) is 118 Å². The van der Waals surface area contributed by atoms with E-state index >= 15 is 0 Å². The zero-order valence-corrected chi connectivity index (χ0v) is 49.3. The molecule has 0 heterocycles. The molecule has 0 saturated carbocycles. The first-order chi connectivity index (χ1) is 37.0. The van der Waals surface area contributed by atoms with Crippen LogP contribution in [0.3, 0.4) is 0 Å².